The minimum absolute atomic E-state index is 0.311. The van der Waals surface area contributed by atoms with Crippen LogP contribution >= 0.6 is 0 Å². The van der Waals surface area contributed by atoms with E-state index < -0.39 is 0 Å². The summed E-state index contributed by atoms with van der Waals surface area (Å²) >= 11 is 0. The lowest BCUT2D eigenvalue weighted by Gasteiger charge is -2.29. The van der Waals surface area contributed by atoms with Crippen LogP contribution in [0.2, 0.25) is 0 Å². The lowest BCUT2D eigenvalue weighted by atomic mass is 10.1. The van der Waals surface area contributed by atoms with Crippen LogP contribution in [-0.4, -0.2) is 38.3 Å². The van der Waals surface area contributed by atoms with Gasteiger partial charge in [-0.1, -0.05) is 26.8 Å². The number of nitrogens with zero attached hydrogens (tertiary/aromatic N) is 2. The van der Waals surface area contributed by atoms with Gasteiger partial charge in [0.1, 0.15) is 5.82 Å². The molecule has 0 amide bonds. The molecule has 1 aromatic rings. The molecular weight excluding hydrogens is 262 g/mol. The molecule has 1 heterocycles. The second-order valence-corrected chi connectivity index (χ2v) is 5.92. The van der Waals surface area contributed by atoms with Crippen LogP contribution in [0.1, 0.15) is 45.7 Å². The average Bonchev–Trinajstić information content (AvgIpc) is 2.48. The summed E-state index contributed by atoms with van der Waals surface area (Å²) in [6.07, 6.45) is 3.02. The van der Waals surface area contributed by atoms with Crippen molar-refractivity contribution in [2.75, 3.05) is 38.3 Å². The molecule has 1 N–H and O–H groups in total. The van der Waals surface area contributed by atoms with Crippen LogP contribution < -0.4 is 10.2 Å². The number of hydrogen-bond donors (Lipinski definition) is 1. The van der Waals surface area contributed by atoms with Gasteiger partial charge >= 0.3 is 0 Å². The molecule has 0 aliphatic heterocycles. The summed E-state index contributed by atoms with van der Waals surface area (Å²) in [6.45, 7) is 12.5. The molecule has 0 aliphatic rings. The summed E-state index contributed by atoms with van der Waals surface area (Å²) in [4.78, 5) is 6.99. The quantitative estimate of drug-likeness (QED) is 0.718. The second kappa shape index (κ2) is 9.74. The molecule has 1 unspecified atom stereocenters. The van der Waals surface area contributed by atoms with Crippen LogP contribution in [-0.2, 0) is 4.74 Å². The van der Waals surface area contributed by atoms with Crippen molar-refractivity contribution in [3.8, 4) is 0 Å². The van der Waals surface area contributed by atoms with Gasteiger partial charge in [0.25, 0.3) is 0 Å². The van der Waals surface area contributed by atoms with Crippen molar-refractivity contribution in [1.29, 1.82) is 0 Å². The summed E-state index contributed by atoms with van der Waals surface area (Å²) in [5, 5.41) is 3.56. The predicted molar refractivity (Wildman–Crippen MR) is 89.9 cm³/mol. The fourth-order valence-corrected chi connectivity index (χ4v) is 2.41. The van der Waals surface area contributed by atoms with Gasteiger partial charge in [-0.05, 0) is 31.9 Å². The van der Waals surface area contributed by atoms with Gasteiger partial charge in [-0.15, -0.1) is 0 Å². The van der Waals surface area contributed by atoms with E-state index in [1.54, 1.807) is 7.11 Å². The highest BCUT2D eigenvalue weighted by Crippen LogP contribution is 2.24. The Kier molecular flexibility index (Phi) is 8.31. The first-order valence-electron chi connectivity index (χ1n) is 8.02. The zero-order valence-electron chi connectivity index (χ0n) is 14.2. The Hall–Kier alpha value is -1.13. The van der Waals surface area contributed by atoms with Crippen molar-refractivity contribution in [1.82, 2.24) is 10.3 Å². The summed E-state index contributed by atoms with van der Waals surface area (Å²) in [5.74, 6) is 1.68. The summed E-state index contributed by atoms with van der Waals surface area (Å²) in [7, 11) is 1.75. The molecule has 0 saturated carbocycles. The highest BCUT2D eigenvalue weighted by atomic mass is 16.5. The van der Waals surface area contributed by atoms with Gasteiger partial charge in [0, 0.05) is 38.0 Å². The van der Waals surface area contributed by atoms with E-state index in [1.165, 1.54) is 5.56 Å². The zero-order chi connectivity index (χ0) is 15.7. The van der Waals surface area contributed by atoms with E-state index in [4.69, 9.17) is 4.74 Å². The van der Waals surface area contributed by atoms with Gasteiger partial charge in [-0.2, -0.15) is 0 Å². The Bertz CT molecular complexity index is 395. The molecule has 4 heteroatoms. The van der Waals surface area contributed by atoms with Gasteiger partial charge in [0.2, 0.25) is 0 Å². The van der Waals surface area contributed by atoms with Crippen molar-refractivity contribution < 1.29 is 4.74 Å². The van der Waals surface area contributed by atoms with Crippen LogP contribution in [0.3, 0.4) is 0 Å². The first-order chi connectivity index (χ1) is 10.1. The maximum Gasteiger partial charge on any atom is 0.133 e. The normalized spacial score (nSPS) is 12.7. The van der Waals surface area contributed by atoms with Crippen LogP contribution in [0.15, 0.2) is 18.3 Å². The maximum atomic E-state index is 5.26. The topological polar surface area (TPSA) is 37.4 Å². The van der Waals surface area contributed by atoms with E-state index in [2.05, 4.69) is 49.0 Å². The molecule has 1 aromatic heterocycles. The number of nitrogens with one attached hydrogen (secondary N) is 1. The molecule has 0 aliphatic carbocycles. The van der Waals surface area contributed by atoms with Crippen LogP contribution in [0.5, 0.6) is 0 Å². The Balaban J connectivity index is 2.94. The number of hydrogen-bond acceptors (Lipinski definition) is 4. The molecule has 1 rings (SSSR count). The highest BCUT2D eigenvalue weighted by Gasteiger charge is 2.17. The second-order valence-electron chi connectivity index (χ2n) is 5.92. The van der Waals surface area contributed by atoms with Gasteiger partial charge in [-0.3, -0.25) is 0 Å². The maximum absolute atomic E-state index is 5.26. The fraction of sp³-hybridized carbons (Fsp3) is 0.706. The zero-order valence-corrected chi connectivity index (χ0v) is 14.2. The highest BCUT2D eigenvalue weighted by molar-refractivity contribution is 5.48. The first kappa shape index (κ1) is 17.9. The number of aromatic nitrogens is 1. The van der Waals surface area contributed by atoms with E-state index >= 15 is 0 Å². The summed E-state index contributed by atoms with van der Waals surface area (Å²) < 4.78 is 5.26. The third kappa shape index (κ3) is 6.02. The Morgan fingerprint density at radius 1 is 1.33 bits per heavy atom. The van der Waals surface area contributed by atoms with Crippen molar-refractivity contribution in [2.45, 2.75) is 40.2 Å². The molecule has 120 valence electrons. The largest absolute Gasteiger partial charge is 0.383 e. The third-order valence-electron chi connectivity index (χ3n) is 3.43. The molecule has 0 aromatic carbocycles. The lowest BCUT2D eigenvalue weighted by molar-refractivity contribution is 0.204. The van der Waals surface area contributed by atoms with E-state index in [0.29, 0.717) is 12.0 Å². The van der Waals surface area contributed by atoms with E-state index in [0.717, 1.165) is 38.5 Å². The van der Waals surface area contributed by atoms with Gasteiger partial charge in [0.15, 0.2) is 0 Å². The lowest BCUT2D eigenvalue weighted by Crippen LogP contribution is -2.33. The molecule has 0 bridgehead atoms. The monoisotopic (exact) mass is 293 g/mol. The molecule has 4 nitrogen and oxygen atoms in total. The number of rotatable bonds is 10. The van der Waals surface area contributed by atoms with E-state index in [9.17, 15) is 0 Å². The number of pyridine rings is 1. The van der Waals surface area contributed by atoms with Gasteiger partial charge in [0.05, 0.1) is 6.61 Å². The first-order valence-corrected chi connectivity index (χ1v) is 8.02. The molecule has 0 spiro atoms. The van der Waals surface area contributed by atoms with Crippen molar-refractivity contribution >= 4 is 5.82 Å². The fourth-order valence-electron chi connectivity index (χ4n) is 2.41. The van der Waals surface area contributed by atoms with Crippen LogP contribution in [0.4, 0.5) is 5.82 Å². The Labute approximate surface area is 129 Å². The average molecular weight is 293 g/mol. The standard InChI is InChI=1S/C17H31N3O/c1-6-9-18-15(4)16-8-7-10-19-17(16)20(11-12-21-5)13-14(2)3/h7-8,10,14-15,18H,6,9,11-13H2,1-5H3. The number of anilines is 1. The molecule has 1 atom stereocenters. The van der Waals surface area contributed by atoms with Crippen LogP contribution in [0.25, 0.3) is 0 Å². The van der Waals surface area contributed by atoms with Crippen molar-refractivity contribution in [3.63, 3.8) is 0 Å². The Morgan fingerprint density at radius 2 is 2.10 bits per heavy atom. The van der Waals surface area contributed by atoms with Crippen molar-refractivity contribution in [2.24, 2.45) is 5.92 Å². The van der Waals surface area contributed by atoms with E-state index in [1.807, 2.05) is 12.3 Å². The third-order valence-corrected chi connectivity index (χ3v) is 3.43. The predicted octanol–water partition coefficient (Wildman–Crippen LogP) is 3.25. The minimum Gasteiger partial charge on any atom is -0.383 e. The summed E-state index contributed by atoms with van der Waals surface area (Å²) in [5.41, 5.74) is 1.27. The summed E-state index contributed by atoms with van der Waals surface area (Å²) in [6, 6.07) is 4.51. The number of methoxy groups -OCH3 is 1. The van der Waals surface area contributed by atoms with Gasteiger partial charge in [-0.25, -0.2) is 4.98 Å². The molecule has 21 heavy (non-hydrogen) atoms. The smallest absolute Gasteiger partial charge is 0.133 e. The van der Waals surface area contributed by atoms with E-state index in [-0.39, 0.29) is 0 Å². The van der Waals surface area contributed by atoms with Crippen molar-refractivity contribution in [3.05, 3.63) is 23.9 Å². The number of ether oxygens (including phenoxy) is 1. The van der Waals surface area contributed by atoms with Gasteiger partial charge < -0.3 is 15.0 Å². The molecule has 0 fully saturated rings. The molecule has 0 radical (unpaired) electrons. The Morgan fingerprint density at radius 3 is 2.71 bits per heavy atom. The minimum atomic E-state index is 0.311. The SMILES string of the molecule is CCCNC(C)c1cccnc1N(CCOC)CC(C)C. The van der Waals surface area contributed by atoms with Crippen LogP contribution in [0, 0.1) is 5.92 Å². The molecular formula is C17H31N3O. The molecule has 0 saturated heterocycles.